The summed E-state index contributed by atoms with van der Waals surface area (Å²) in [6.07, 6.45) is 1.51. The van der Waals surface area contributed by atoms with E-state index in [2.05, 4.69) is 22.3 Å². The number of nitrogens with zero attached hydrogens (tertiary/aromatic N) is 2. The number of ether oxygens (including phenoxy) is 1. The van der Waals surface area contributed by atoms with Crippen LogP contribution in [0.4, 0.5) is 5.69 Å². The lowest BCUT2D eigenvalue weighted by molar-refractivity contribution is -0.122. The number of hydrogen-bond donors (Lipinski definition) is 1. The Hall–Kier alpha value is -2.42. The minimum atomic E-state index is -3.65. The molecule has 3 rings (SSSR count). The van der Waals surface area contributed by atoms with Gasteiger partial charge in [0, 0.05) is 26.2 Å². The van der Waals surface area contributed by atoms with Gasteiger partial charge in [0.15, 0.2) is 0 Å². The highest BCUT2D eigenvalue weighted by Gasteiger charge is 2.31. The molecule has 0 bridgehead atoms. The van der Waals surface area contributed by atoms with E-state index in [-0.39, 0.29) is 5.91 Å². The number of hydrogen-bond acceptors (Lipinski definition) is 5. The fraction of sp³-hybridized carbons (Fsp3) is 0.480. The summed E-state index contributed by atoms with van der Waals surface area (Å²) in [7, 11) is -3.65. The van der Waals surface area contributed by atoms with Gasteiger partial charge in [-0.25, -0.2) is 8.42 Å². The van der Waals surface area contributed by atoms with Crippen LogP contribution >= 0.6 is 0 Å². The van der Waals surface area contributed by atoms with Crippen molar-refractivity contribution in [2.45, 2.75) is 46.3 Å². The minimum Gasteiger partial charge on any atom is -0.379 e. The first-order chi connectivity index (χ1) is 15.7. The van der Waals surface area contributed by atoms with Crippen LogP contribution in [-0.2, 0) is 32.6 Å². The molecule has 1 aliphatic heterocycles. The van der Waals surface area contributed by atoms with Gasteiger partial charge in [-0.2, -0.15) is 0 Å². The summed E-state index contributed by atoms with van der Waals surface area (Å²) in [5.74, 6) is -0.307. The number of anilines is 1. The Labute approximate surface area is 197 Å². The largest absolute Gasteiger partial charge is 0.379 e. The van der Waals surface area contributed by atoms with E-state index in [4.69, 9.17) is 4.74 Å². The maximum absolute atomic E-state index is 13.1. The third-order valence-corrected chi connectivity index (χ3v) is 7.25. The van der Waals surface area contributed by atoms with Crippen LogP contribution in [-0.4, -0.2) is 57.8 Å². The van der Waals surface area contributed by atoms with E-state index in [0.29, 0.717) is 18.7 Å². The summed E-state index contributed by atoms with van der Waals surface area (Å²) in [6, 6.07) is 12.8. The van der Waals surface area contributed by atoms with E-state index in [1.807, 2.05) is 45.0 Å². The zero-order valence-electron chi connectivity index (χ0n) is 20.0. The van der Waals surface area contributed by atoms with Crippen LogP contribution in [0, 0.1) is 13.8 Å². The first-order valence-electron chi connectivity index (χ1n) is 11.4. The van der Waals surface area contributed by atoms with Gasteiger partial charge in [0.2, 0.25) is 15.9 Å². The number of morpholine rings is 1. The molecule has 1 atom stereocenters. The summed E-state index contributed by atoms with van der Waals surface area (Å²) >= 11 is 0. The number of sulfonamides is 1. The molecule has 0 spiro atoms. The molecule has 1 aliphatic rings. The standard InChI is InChI=1S/C25H35N3O4S/c1-5-24(28(33(4,30)31)23-11-6-19(2)20(3)16-23)25(29)26-17-21-7-9-22(10-8-21)18-27-12-14-32-15-13-27/h6-11,16,24H,5,12-15,17-18H2,1-4H3,(H,26,29). The van der Waals surface area contributed by atoms with Crippen molar-refractivity contribution in [2.24, 2.45) is 0 Å². The van der Waals surface area contributed by atoms with Gasteiger partial charge in [-0.05, 0) is 54.7 Å². The van der Waals surface area contributed by atoms with Gasteiger partial charge < -0.3 is 10.1 Å². The Morgan fingerprint density at radius 3 is 2.27 bits per heavy atom. The molecule has 2 aromatic carbocycles. The average molecular weight is 474 g/mol. The normalized spacial score (nSPS) is 15.8. The number of aryl methyl sites for hydroxylation is 2. The Morgan fingerprint density at radius 2 is 1.70 bits per heavy atom. The van der Waals surface area contributed by atoms with Crippen LogP contribution < -0.4 is 9.62 Å². The predicted octanol–water partition coefficient (Wildman–Crippen LogP) is 3.00. The predicted molar refractivity (Wildman–Crippen MR) is 132 cm³/mol. The Kier molecular flexibility index (Phi) is 8.51. The lowest BCUT2D eigenvalue weighted by atomic mass is 10.1. The third-order valence-electron chi connectivity index (χ3n) is 6.07. The van der Waals surface area contributed by atoms with Crippen LogP contribution in [0.3, 0.4) is 0 Å². The van der Waals surface area contributed by atoms with Crippen LogP contribution in [0.2, 0.25) is 0 Å². The van der Waals surface area contributed by atoms with Gasteiger partial charge in [0.25, 0.3) is 0 Å². The number of carbonyl (C=O) groups is 1. The number of nitrogens with one attached hydrogen (secondary N) is 1. The second kappa shape index (κ2) is 11.1. The molecule has 1 saturated heterocycles. The fourth-order valence-corrected chi connectivity index (χ4v) is 5.21. The summed E-state index contributed by atoms with van der Waals surface area (Å²) in [5, 5.41) is 2.93. The monoisotopic (exact) mass is 473 g/mol. The van der Waals surface area contributed by atoms with Crippen LogP contribution in [0.25, 0.3) is 0 Å². The van der Waals surface area contributed by atoms with Crippen molar-refractivity contribution < 1.29 is 17.9 Å². The van der Waals surface area contributed by atoms with Crippen molar-refractivity contribution in [1.29, 1.82) is 0 Å². The Balaban J connectivity index is 1.67. The smallest absolute Gasteiger partial charge is 0.244 e. The van der Waals surface area contributed by atoms with Crippen LogP contribution in [0.5, 0.6) is 0 Å². The molecule has 1 N–H and O–H groups in total. The first kappa shape index (κ1) is 25.2. The molecule has 0 aromatic heterocycles. The quantitative estimate of drug-likeness (QED) is 0.606. The van der Waals surface area contributed by atoms with E-state index < -0.39 is 16.1 Å². The molecule has 7 nitrogen and oxygen atoms in total. The zero-order chi connectivity index (χ0) is 24.0. The molecule has 0 radical (unpaired) electrons. The molecule has 8 heteroatoms. The molecular weight excluding hydrogens is 438 g/mol. The summed E-state index contributed by atoms with van der Waals surface area (Å²) < 4.78 is 31.9. The third kappa shape index (κ3) is 6.79. The maximum atomic E-state index is 13.1. The van der Waals surface area contributed by atoms with E-state index in [1.54, 1.807) is 6.07 Å². The van der Waals surface area contributed by atoms with Crippen molar-refractivity contribution in [3.05, 3.63) is 64.7 Å². The van der Waals surface area contributed by atoms with Gasteiger partial charge >= 0.3 is 0 Å². The molecule has 0 aliphatic carbocycles. The van der Waals surface area contributed by atoms with Gasteiger partial charge in [-0.1, -0.05) is 37.3 Å². The summed E-state index contributed by atoms with van der Waals surface area (Å²) in [6.45, 7) is 10.4. The number of rotatable bonds is 9. The molecule has 1 fully saturated rings. The molecule has 180 valence electrons. The van der Waals surface area contributed by atoms with E-state index in [9.17, 15) is 13.2 Å². The van der Waals surface area contributed by atoms with Crippen LogP contribution in [0.15, 0.2) is 42.5 Å². The minimum absolute atomic E-state index is 0.307. The van der Waals surface area contributed by atoms with Gasteiger partial charge in [-0.3, -0.25) is 14.0 Å². The first-order valence-corrected chi connectivity index (χ1v) is 13.3. The molecule has 33 heavy (non-hydrogen) atoms. The fourth-order valence-electron chi connectivity index (χ4n) is 4.01. The lowest BCUT2D eigenvalue weighted by Crippen LogP contribution is -2.49. The molecule has 0 saturated carbocycles. The molecule has 1 amide bonds. The van der Waals surface area contributed by atoms with Gasteiger partial charge in [0.05, 0.1) is 25.2 Å². The zero-order valence-corrected chi connectivity index (χ0v) is 20.8. The second-order valence-electron chi connectivity index (χ2n) is 8.67. The number of benzene rings is 2. The van der Waals surface area contributed by atoms with Crippen LogP contribution in [0.1, 0.15) is 35.6 Å². The number of carbonyl (C=O) groups excluding carboxylic acids is 1. The highest BCUT2D eigenvalue weighted by molar-refractivity contribution is 7.92. The highest BCUT2D eigenvalue weighted by atomic mass is 32.2. The van der Waals surface area contributed by atoms with Crippen molar-refractivity contribution in [3.63, 3.8) is 0 Å². The van der Waals surface area contributed by atoms with Gasteiger partial charge in [0.1, 0.15) is 6.04 Å². The summed E-state index contributed by atoms with van der Waals surface area (Å²) in [5.41, 5.74) is 4.75. The van der Waals surface area contributed by atoms with Crippen molar-refractivity contribution in [2.75, 3.05) is 36.9 Å². The maximum Gasteiger partial charge on any atom is 0.244 e. The van der Waals surface area contributed by atoms with Crippen molar-refractivity contribution >= 4 is 21.6 Å². The van der Waals surface area contributed by atoms with Crippen molar-refractivity contribution in [1.82, 2.24) is 10.2 Å². The van der Waals surface area contributed by atoms with Crippen molar-refractivity contribution in [3.8, 4) is 0 Å². The van der Waals surface area contributed by atoms with E-state index in [0.717, 1.165) is 55.8 Å². The molecule has 1 unspecified atom stereocenters. The molecule has 2 aromatic rings. The molecule has 1 heterocycles. The van der Waals surface area contributed by atoms with E-state index in [1.165, 1.54) is 9.87 Å². The number of amides is 1. The highest BCUT2D eigenvalue weighted by Crippen LogP contribution is 2.25. The SMILES string of the molecule is CCC(C(=O)NCc1ccc(CN2CCOCC2)cc1)N(c1ccc(C)c(C)c1)S(C)(=O)=O. The lowest BCUT2D eigenvalue weighted by Gasteiger charge is -2.30. The molecular formula is C25H35N3O4S. The Bertz CT molecular complexity index is 1050. The van der Waals surface area contributed by atoms with Gasteiger partial charge in [-0.15, -0.1) is 0 Å². The Morgan fingerprint density at radius 1 is 1.06 bits per heavy atom. The average Bonchev–Trinajstić information content (AvgIpc) is 2.78. The summed E-state index contributed by atoms with van der Waals surface area (Å²) in [4.78, 5) is 15.4. The second-order valence-corrected chi connectivity index (χ2v) is 10.5. The topological polar surface area (TPSA) is 79.0 Å². The van der Waals surface area contributed by atoms with E-state index >= 15 is 0 Å².